The topological polar surface area (TPSA) is 14.8 Å². The fourth-order valence-corrected chi connectivity index (χ4v) is 7.59. The predicted molar refractivity (Wildman–Crippen MR) is 189 cm³/mol. The Morgan fingerprint density at radius 1 is 0.267 bits per heavy atom. The van der Waals surface area contributed by atoms with Crippen LogP contribution in [0.5, 0.6) is 0 Å². The lowest BCUT2D eigenvalue weighted by atomic mass is 10.1. The van der Waals surface area contributed by atoms with E-state index in [1.807, 2.05) is 0 Å². The molecule has 0 aliphatic heterocycles. The molecule has 10 aromatic rings. The first kappa shape index (κ1) is 24.4. The van der Waals surface area contributed by atoms with Crippen LogP contribution in [-0.2, 0) is 0 Å². The number of para-hydroxylation sites is 6. The van der Waals surface area contributed by atoms with Gasteiger partial charge in [-0.1, -0.05) is 103 Å². The Morgan fingerprint density at radius 3 is 1.38 bits per heavy atom. The molecule has 7 aromatic carbocycles. The van der Waals surface area contributed by atoms with E-state index >= 15 is 0 Å². The average molecular weight is 574 g/mol. The Hall–Kier alpha value is -6.06. The molecule has 0 bridgehead atoms. The molecule has 10 rings (SSSR count). The van der Waals surface area contributed by atoms with E-state index in [2.05, 4.69) is 177 Å². The minimum atomic E-state index is 1.16. The van der Waals surface area contributed by atoms with Gasteiger partial charge in [0.2, 0.25) is 0 Å². The zero-order valence-electron chi connectivity index (χ0n) is 24.4. The summed E-state index contributed by atoms with van der Waals surface area (Å²) in [6, 6.07) is 59.4. The smallest absolute Gasteiger partial charge is 0.0782 e. The molecular weight excluding hydrogens is 546 g/mol. The van der Waals surface area contributed by atoms with Crippen LogP contribution in [0.1, 0.15) is 0 Å². The molecule has 0 spiro atoms. The minimum Gasteiger partial charge on any atom is -0.309 e. The summed E-state index contributed by atoms with van der Waals surface area (Å²) in [6.45, 7) is 0. The molecule has 0 aliphatic carbocycles. The normalized spacial score (nSPS) is 12.0. The van der Waals surface area contributed by atoms with Crippen molar-refractivity contribution in [2.24, 2.45) is 0 Å². The highest BCUT2D eigenvalue weighted by atomic mass is 15.1. The van der Waals surface area contributed by atoms with Gasteiger partial charge in [-0.15, -0.1) is 0 Å². The van der Waals surface area contributed by atoms with Gasteiger partial charge in [-0.3, -0.25) is 0 Å². The van der Waals surface area contributed by atoms with E-state index in [0.29, 0.717) is 0 Å². The summed E-state index contributed by atoms with van der Waals surface area (Å²) in [6.07, 6.45) is 0. The number of hydrogen-bond acceptors (Lipinski definition) is 0. The van der Waals surface area contributed by atoms with Crippen LogP contribution in [0, 0.1) is 0 Å². The molecule has 45 heavy (non-hydrogen) atoms. The van der Waals surface area contributed by atoms with E-state index in [9.17, 15) is 0 Å². The van der Waals surface area contributed by atoms with Gasteiger partial charge in [0.25, 0.3) is 0 Å². The van der Waals surface area contributed by atoms with Gasteiger partial charge in [-0.05, 0) is 60.7 Å². The van der Waals surface area contributed by atoms with Crippen molar-refractivity contribution >= 4 is 65.4 Å². The molecule has 3 nitrogen and oxygen atoms in total. The van der Waals surface area contributed by atoms with Crippen molar-refractivity contribution in [3.63, 3.8) is 0 Å². The number of benzene rings is 7. The lowest BCUT2D eigenvalue weighted by molar-refractivity contribution is 1.13. The minimum absolute atomic E-state index is 1.16. The van der Waals surface area contributed by atoms with Crippen LogP contribution in [0.3, 0.4) is 0 Å². The van der Waals surface area contributed by atoms with Crippen LogP contribution in [0.2, 0.25) is 0 Å². The quantitative estimate of drug-likeness (QED) is 0.200. The van der Waals surface area contributed by atoms with Gasteiger partial charge in [0.1, 0.15) is 0 Å². The van der Waals surface area contributed by atoms with Crippen molar-refractivity contribution in [1.29, 1.82) is 0 Å². The average Bonchev–Trinajstić information content (AvgIpc) is 3.74. The van der Waals surface area contributed by atoms with Gasteiger partial charge in [0.15, 0.2) is 0 Å². The molecule has 3 heterocycles. The third-order valence-electron chi connectivity index (χ3n) is 9.42. The third-order valence-corrected chi connectivity index (χ3v) is 9.42. The van der Waals surface area contributed by atoms with Crippen molar-refractivity contribution in [1.82, 2.24) is 13.7 Å². The van der Waals surface area contributed by atoms with Crippen molar-refractivity contribution in [2.75, 3.05) is 0 Å². The summed E-state index contributed by atoms with van der Waals surface area (Å²) in [7, 11) is 0. The lowest BCUT2D eigenvalue weighted by Crippen LogP contribution is -2.00. The van der Waals surface area contributed by atoms with Gasteiger partial charge in [0.05, 0.1) is 38.8 Å². The number of nitrogens with zero attached hydrogens (tertiary/aromatic N) is 3. The van der Waals surface area contributed by atoms with E-state index in [4.69, 9.17) is 0 Å². The summed E-state index contributed by atoms with van der Waals surface area (Å²) in [4.78, 5) is 0. The Labute approximate surface area is 259 Å². The Bertz CT molecular complexity index is 2700. The zero-order chi connectivity index (χ0) is 29.5. The summed E-state index contributed by atoms with van der Waals surface area (Å²) < 4.78 is 7.29. The summed E-state index contributed by atoms with van der Waals surface area (Å²) in [5.74, 6) is 0. The molecule has 0 amide bonds. The summed E-state index contributed by atoms with van der Waals surface area (Å²) >= 11 is 0. The monoisotopic (exact) mass is 573 g/mol. The first-order valence-electron chi connectivity index (χ1n) is 15.5. The standard InChI is InChI=1S/C42H27N3/c1-2-13-28(14-3-1)44-38-22-10-6-17-32(38)34-19-12-24-41(42(34)44)45-39-23-11-7-18-33(39)35-27-29(25-26-40(35)45)43-36-20-8-4-15-30(36)31-16-5-9-21-37(31)43/h1-27H. The van der Waals surface area contributed by atoms with Gasteiger partial charge in [-0.25, -0.2) is 0 Å². The van der Waals surface area contributed by atoms with Crippen LogP contribution in [0.15, 0.2) is 164 Å². The second-order valence-corrected chi connectivity index (χ2v) is 11.8. The van der Waals surface area contributed by atoms with Crippen LogP contribution in [0.4, 0.5) is 0 Å². The third kappa shape index (κ3) is 3.35. The van der Waals surface area contributed by atoms with Crippen molar-refractivity contribution in [3.05, 3.63) is 164 Å². The molecule has 0 saturated carbocycles. The number of rotatable bonds is 3. The van der Waals surface area contributed by atoms with E-state index in [0.717, 1.165) is 5.69 Å². The van der Waals surface area contributed by atoms with Crippen LogP contribution in [0.25, 0.3) is 82.5 Å². The molecule has 0 saturated heterocycles. The van der Waals surface area contributed by atoms with Crippen molar-refractivity contribution in [2.45, 2.75) is 0 Å². The first-order chi connectivity index (χ1) is 22.4. The highest BCUT2D eigenvalue weighted by molar-refractivity contribution is 6.16. The highest BCUT2D eigenvalue weighted by Crippen LogP contribution is 2.40. The predicted octanol–water partition coefficient (Wildman–Crippen LogP) is 11.0. The Balaban J connectivity index is 1.32. The fourth-order valence-electron chi connectivity index (χ4n) is 7.59. The molecular formula is C42H27N3. The molecule has 0 atom stereocenters. The Morgan fingerprint density at radius 2 is 0.733 bits per heavy atom. The second-order valence-electron chi connectivity index (χ2n) is 11.8. The summed E-state index contributed by atoms with van der Waals surface area (Å²) in [5.41, 5.74) is 10.7. The maximum Gasteiger partial charge on any atom is 0.0782 e. The molecule has 0 radical (unpaired) electrons. The highest BCUT2D eigenvalue weighted by Gasteiger charge is 2.20. The Kier molecular flexibility index (Phi) is 5.00. The number of hydrogen-bond donors (Lipinski definition) is 0. The second kappa shape index (κ2) is 9.22. The largest absolute Gasteiger partial charge is 0.309 e. The molecule has 0 unspecified atom stereocenters. The van der Waals surface area contributed by atoms with Crippen LogP contribution >= 0.6 is 0 Å². The van der Waals surface area contributed by atoms with Gasteiger partial charge in [0, 0.05) is 43.7 Å². The molecule has 0 aliphatic rings. The van der Waals surface area contributed by atoms with Crippen molar-refractivity contribution in [3.8, 4) is 17.1 Å². The van der Waals surface area contributed by atoms with Gasteiger partial charge < -0.3 is 13.7 Å². The van der Waals surface area contributed by atoms with Crippen LogP contribution in [-0.4, -0.2) is 13.7 Å². The van der Waals surface area contributed by atoms with Gasteiger partial charge >= 0.3 is 0 Å². The van der Waals surface area contributed by atoms with E-state index in [1.54, 1.807) is 0 Å². The molecule has 3 heteroatoms. The number of aromatic nitrogens is 3. The van der Waals surface area contributed by atoms with Crippen molar-refractivity contribution < 1.29 is 0 Å². The maximum absolute atomic E-state index is 2.46. The van der Waals surface area contributed by atoms with Gasteiger partial charge in [-0.2, -0.15) is 0 Å². The molecule has 210 valence electrons. The van der Waals surface area contributed by atoms with Crippen LogP contribution < -0.4 is 0 Å². The van der Waals surface area contributed by atoms with E-state index < -0.39 is 0 Å². The van der Waals surface area contributed by atoms with E-state index in [1.165, 1.54) is 76.8 Å². The summed E-state index contributed by atoms with van der Waals surface area (Å²) in [5, 5.41) is 7.54. The van der Waals surface area contributed by atoms with E-state index in [-0.39, 0.29) is 0 Å². The molecule has 3 aromatic heterocycles. The zero-order valence-corrected chi connectivity index (χ0v) is 24.4. The lowest BCUT2D eigenvalue weighted by Gasteiger charge is -2.14. The number of fused-ring (bicyclic) bond motifs is 9. The fraction of sp³-hybridized carbons (Fsp3) is 0. The first-order valence-corrected chi connectivity index (χ1v) is 15.5. The molecule has 0 N–H and O–H groups in total. The SMILES string of the molecule is c1ccc(-n2c3ccccc3c3cccc(-n4c5ccccc5c5cc(-n6c7ccccc7c7ccccc76)ccc54)c32)cc1. The molecule has 0 fully saturated rings. The maximum atomic E-state index is 2.46.